The molecule has 0 aliphatic carbocycles. The van der Waals surface area contributed by atoms with E-state index in [1.807, 2.05) is 0 Å². The van der Waals surface area contributed by atoms with Crippen molar-refractivity contribution in [2.24, 2.45) is 5.73 Å². The van der Waals surface area contributed by atoms with Gasteiger partial charge in [0, 0.05) is 13.5 Å². The molecule has 1 amide bonds. The SMILES string of the molecule is CC(=O)N1CCC(OS(C)(=O)=O)C1N. The molecule has 1 saturated heterocycles. The van der Waals surface area contributed by atoms with Gasteiger partial charge in [0.25, 0.3) is 10.1 Å². The van der Waals surface area contributed by atoms with E-state index in [1.54, 1.807) is 0 Å². The van der Waals surface area contributed by atoms with Crippen LogP contribution in [0.25, 0.3) is 0 Å². The average Bonchev–Trinajstić information content (AvgIpc) is 2.29. The molecule has 0 spiro atoms. The van der Waals surface area contributed by atoms with Crippen LogP contribution in [0.2, 0.25) is 0 Å². The summed E-state index contributed by atoms with van der Waals surface area (Å²) >= 11 is 0. The molecular formula is C7H14N2O4S. The van der Waals surface area contributed by atoms with Crippen LogP contribution in [0.1, 0.15) is 13.3 Å². The van der Waals surface area contributed by atoms with Crippen LogP contribution in [-0.4, -0.2) is 44.3 Å². The van der Waals surface area contributed by atoms with Crippen LogP contribution in [0.5, 0.6) is 0 Å². The Morgan fingerprint density at radius 2 is 2.14 bits per heavy atom. The number of carbonyl (C=O) groups excluding carboxylic acids is 1. The normalized spacial score (nSPS) is 28.1. The second-order valence-corrected chi connectivity index (χ2v) is 4.93. The lowest BCUT2D eigenvalue weighted by atomic mass is 10.3. The van der Waals surface area contributed by atoms with Crippen LogP contribution in [-0.2, 0) is 19.1 Å². The minimum atomic E-state index is -3.51. The summed E-state index contributed by atoms with van der Waals surface area (Å²) in [6, 6.07) is 0. The first-order chi connectivity index (χ1) is 6.31. The van der Waals surface area contributed by atoms with Gasteiger partial charge in [-0.05, 0) is 6.42 Å². The summed E-state index contributed by atoms with van der Waals surface area (Å²) in [6.07, 6.45) is 0.139. The van der Waals surface area contributed by atoms with Crippen molar-refractivity contribution in [3.63, 3.8) is 0 Å². The van der Waals surface area contributed by atoms with E-state index in [9.17, 15) is 13.2 Å². The summed E-state index contributed by atoms with van der Waals surface area (Å²) in [5.41, 5.74) is 5.65. The first-order valence-corrected chi connectivity index (χ1v) is 6.04. The molecule has 0 bridgehead atoms. The quantitative estimate of drug-likeness (QED) is 0.597. The monoisotopic (exact) mass is 222 g/mol. The maximum Gasteiger partial charge on any atom is 0.264 e. The summed E-state index contributed by atoms with van der Waals surface area (Å²) in [5, 5.41) is 0. The number of rotatable bonds is 2. The maximum atomic E-state index is 11.0. The van der Waals surface area contributed by atoms with E-state index in [0.29, 0.717) is 13.0 Å². The fourth-order valence-corrected chi connectivity index (χ4v) is 2.14. The highest BCUT2D eigenvalue weighted by Gasteiger charge is 2.35. The van der Waals surface area contributed by atoms with E-state index in [-0.39, 0.29) is 5.91 Å². The van der Waals surface area contributed by atoms with E-state index < -0.39 is 22.4 Å². The molecular weight excluding hydrogens is 208 g/mol. The van der Waals surface area contributed by atoms with Gasteiger partial charge in [-0.3, -0.25) is 8.98 Å². The fourth-order valence-electron chi connectivity index (χ4n) is 1.48. The molecule has 0 aromatic rings. The predicted octanol–water partition coefficient (Wildman–Crippen LogP) is -1.13. The van der Waals surface area contributed by atoms with Crippen molar-refractivity contribution < 1.29 is 17.4 Å². The predicted molar refractivity (Wildman–Crippen MR) is 49.7 cm³/mol. The molecule has 82 valence electrons. The van der Waals surface area contributed by atoms with Crippen molar-refractivity contribution in [1.29, 1.82) is 0 Å². The molecule has 1 aliphatic rings. The average molecular weight is 222 g/mol. The van der Waals surface area contributed by atoms with E-state index in [0.717, 1.165) is 6.26 Å². The van der Waals surface area contributed by atoms with E-state index >= 15 is 0 Å². The van der Waals surface area contributed by atoms with Gasteiger partial charge in [0.05, 0.1) is 6.26 Å². The molecule has 2 N–H and O–H groups in total. The van der Waals surface area contributed by atoms with E-state index in [4.69, 9.17) is 9.92 Å². The number of carbonyl (C=O) groups is 1. The van der Waals surface area contributed by atoms with Crippen LogP contribution in [0.3, 0.4) is 0 Å². The topological polar surface area (TPSA) is 89.7 Å². The lowest BCUT2D eigenvalue weighted by Gasteiger charge is -2.22. The smallest absolute Gasteiger partial charge is 0.264 e. The van der Waals surface area contributed by atoms with Gasteiger partial charge in [-0.2, -0.15) is 8.42 Å². The van der Waals surface area contributed by atoms with Gasteiger partial charge >= 0.3 is 0 Å². The van der Waals surface area contributed by atoms with Crippen molar-refractivity contribution >= 4 is 16.0 Å². The lowest BCUT2D eigenvalue weighted by Crippen LogP contribution is -2.46. The second-order valence-electron chi connectivity index (χ2n) is 3.33. The zero-order chi connectivity index (χ0) is 10.9. The van der Waals surface area contributed by atoms with Gasteiger partial charge < -0.3 is 10.6 Å². The van der Waals surface area contributed by atoms with E-state index in [2.05, 4.69) is 0 Å². The Kier molecular flexibility index (Phi) is 3.13. The minimum absolute atomic E-state index is 0.169. The van der Waals surface area contributed by atoms with Gasteiger partial charge in [-0.15, -0.1) is 0 Å². The van der Waals surface area contributed by atoms with Crippen LogP contribution in [0.4, 0.5) is 0 Å². The largest absolute Gasteiger partial charge is 0.325 e. The zero-order valence-corrected chi connectivity index (χ0v) is 8.95. The Bertz CT molecular complexity index is 327. The van der Waals surface area contributed by atoms with Crippen LogP contribution >= 0.6 is 0 Å². The summed E-state index contributed by atoms with van der Waals surface area (Å²) in [7, 11) is -3.51. The molecule has 2 atom stereocenters. The van der Waals surface area contributed by atoms with Gasteiger partial charge in [0.2, 0.25) is 5.91 Å². The summed E-state index contributed by atoms with van der Waals surface area (Å²) < 4.78 is 26.4. The molecule has 6 nitrogen and oxygen atoms in total. The maximum absolute atomic E-state index is 11.0. The minimum Gasteiger partial charge on any atom is -0.325 e. The highest BCUT2D eigenvalue weighted by Crippen LogP contribution is 2.18. The third-order valence-electron chi connectivity index (χ3n) is 2.10. The Hall–Kier alpha value is -0.660. The highest BCUT2D eigenvalue weighted by atomic mass is 32.2. The first-order valence-electron chi connectivity index (χ1n) is 4.22. The Morgan fingerprint density at radius 3 is 2.50 bits per heavy atom. The van der Waals surface area contributed by atoms with Crippen LogP contribution in [0, 0.1) is 0 Å². The molecule has 0 aromatic heterocycles. The van der Waals surface area contributed by atoms with Crippen molar-refractivity contribution in [3.05, 3.63) is 0 Å². The third kappa shape index (κ3) is 2.66. The number of nitrogens with zero attached hydrogens (tertiary/aromatic N) is 1. The van der Waals surface area contributed by atoms with Gasteiger partial charge in [-0.1, -0.05) is 0 Å². The van der Waals surface area contributed by atoms with Crippen molar-refractivity contribution in [3.8, 4) is 0 Å². The first kappa shape index (κ1) is 11.4. The Labute approximate surface area is 83.1 Å². The number of nitrogens with two attached hydrogens (primary N) is 1. The van der Waals surface area contributed by atoms with Crippen molar-refractivity contribution in [1.82, 2.24) is 4.90 Å². The molecule has 2 unspecified atom stereocenters. The molecule has 7 heteroatoms. The number of likely N-dealkylation sites (tertiary alicyclic amines) is 1. The van der Waals surface area contributed by atoms with Crippen LogP contribution in [0.15, 0.2) is 0 Å². The number of amides is 1. The number of hydrogen-bond donors (Lipinski definition) is 1. The Morgan fingerprint density at radius 1 is 1.57 bits per heavy atom. The molecule has 1 fully saturated rings. The second kappa shape index (κ2) is 3.84. The standard InChI is InChI=1S/C7H14N2O4S/c1-5(10)9-4-3-6(7(9)8)13-14(2,11)12/h6-7H,3-4,8H2,1-2H3. The van der Waals surface area contributed by atoms with Gasteiger partial charge in [0.15, 0.2) is 0 Å². The van der Waals surface area contributed by atoms with Crippen molar-refractivity contribution in [2.45, 2.75) is 25.6 Å². The summed E-state index contributed by atoms with van der Waals surface area (Å²) in [4.78, 5) is 12.4. The summed E-state index contributed by atoms with van der Waals surface area (Å²) in [5.74, 6) is -0.169. The fraction of sp³-hybridized carbons (Fsp3) is 0.857. The molecule has 0 aromatic carbocycles. The molecule has 1 aliphatic heterocycles. The van der Waals surface area contributed by atoms with Gasteiger partial charge in [0.1, 0.15) is 12.3 Å². The lowest BCUT2D eigenvalue weighted by molar-refractivity contribution is -0.130. The Balaban J connectivity index is 2.65. The molecule has 1 heterocycles. The van der Waals surface area contributed by atoms with Crippen molar-refractivity contribution in [2.75, 3.05) is 12.8 Å². The van der Waals surface area contributed by atoms with E-state index in [1.165, 1.54) is 11.8 Å². The van der Waals surface area contributed by atoms with Gasteiger partial charge in [-0.25, -0.2) is 0 Å². The molecule has 0 radical (unpaired) electrons. The van der Waals surface area contributed by atoms with Crippen LogP contribution < -0.4 is 5.73 Å². The third-order valence-corrected chi connectivity index (χ3v) is 2.69. The zero-order valence-electron chi connectivity index (χ0n) is 8.13. The molecule has 14 heavy (non-hydrogen) atoms. The summed E-state index contributed by atoms with van der Waals surface area (Å²) in [6.45, 7) is 1.83. The molecule has 0 saturated carbocycles. The number of hydrogen-bond acceptors (Lipinski definition) is 5. The molecule has 1 rings (SSSR count). The highest BCUT2D eigenvalue weighted by molar-refractivity contribution is 7.86.